The number of nitrogens with one attached hydrogen (secondary N) is 1. The van der Waals surface area contributed by atoms with Gasteiger partial charge in [0.25, 0.3) is 0 Å². The Labute approximate surface area is 138 Å². The molecule has 1 aromatic rings. The second-order valence-corrected chi connectivity index (χ2v) is 6.65. The summed E-state index contributed by atoms with van der Waals surface area (Å²) in [7, 11) is 0. The van der Waals surface area contributed by atoms with E-state index in [0.717, 1.165) is 29.7 Å². The Balaban J connectivity index is 0.00000242. The quantitative estimate of drug-likeness (QED) is 0.754. The maximum atomic E-state index is 11.9. The number of hydrogen-bond donors (Lipinski definition) is 2. The molecule has 1 atom stereocenters. The summed E-state index contributed by atoms with van der Waals surface area (Å²) in [4.78, 5) is 11.9. The zero-order valence-corrected chi connectivity index (χ0v) is 14.2. The summed E-state index contributed by atoms with van der Waals surface area (Å²) in [6.45, 7) is 6.88. The minimum Gasteiger partial charge on any atom is -1.00 e. The first-order valence-corrected chi connectivity index (χ1v) is 7.58. The molecule has 0 spiro atoms. The van der Waals surface area contributed by atoms with E-state index in [1.165, 1.54) is 0 Å². The average Bonchev–Trinajstić information content (AvgIpc) is 2.42. The van der Waals surface area contributed by atoms with E-state index in [1.54, 1.807) is 0 Å². The number of carbonyl (C=O) groups excluding carboxylic acids is 1. The lowest BCUT2D eigenvalue weighted by atomic mass is 9.90. The standard InChI is InChI=1S/C17H25NO3.ClH/c1-17(2,3)18-10-12(19)11-21-16-9-5-6-13-14(16)7-4-8-15(13)20;/h5-6,9,12,18-19H,4,7-8,10-11H2,1-3H3;1H/p-1. The number of aliphatic hydroxyl groups is 1. The summed E-state index contributed by atoms with van der Waals surface area (Å²) < 4.78 is 5.74. The van der Waals surface area contributed by atoms with Crippen molar-refractivity contribution in [3.8, 4) is 5.75 Å². The van der Waals surface area contributed by atoms with Crippen molar-refractivity contribution in [2.45, 2.75) is 51.7 Å². The van der Waals surface area contributed by atoms with Crippen LogP contribution in [0, 0.1) is 0 Å². The molecule has 1 aliphatic carbocycles. The van der Waals surface area contributed by atoms with Crippen LogP contribution in [-0.4, -0.2) is 35.7 Å². The Morgan fingerprint density at radius 1 is 1.32 bits per heavy atom. The van der Waals surface area contributed by atoms with E-state index >= 15 is 0 Å². The Bertz CT molecular complexity index is 511. The van der Waals surface area contributed by atoms with Crippen molar-refractivity contribution in [3.05, 3.63) is 29.3 Å². The predicted octanol–water partition coefficient (Wildman–Crippen LogP) is -0.663. The van der Waals surface area contributed by atoms with Crippen LogP contribution in [0.2, 0.25) is 0 Å². The third-order valence-electron chi connectivity index (χ3n) is 3.56. The summed E-state index contributed by atoms with van der Waals surface area (Å²) in [6, 6.07) is 5.58. The van der Waals surface area contributed by atoms with Crippen LogP contribution in [0.1, 0.15) is 49.5 Å². The van der Waals surface area contributed by atoms with Gasteiger partial charge < -0.3 is 27.6 Å². The highest BCUT2D eigenvalue weighted by atomic mass is 35.5. The molecule has 1 aromatic carbocycles. The summed E-state index contributed by atoms with van der Waals surface area (Å²) in [6.07, 6.45) is 1.79. The number of benzene rings is 1. The minimum absolute atomic E-state index is 0. The Kier molecular flexibility index (Phi) is 6.85. The van der Waals surface area contributed by atoms with E-state index in [0.29, 0.717) is 13.0 Å². The van der Waals surface area contributed by atoms with Gasteiger partial charge in [0, 0.05) is 29.6 Å². The molecule has 0 heterocycles. The zero-order valence-electron chi connectivity index (χ0n) is 13.5. The van der Waals surface area contributed by atoms with E-state index in [1.807, 2.05) is 18.2 Å². The molecule has 0 radical (unpaired) electrons. The van der Waals surface area contributed by atoms with E-state index in [4.69, 9.17) is 4.74 Å². The van der Waals surface area contributed by atoms with Gasteiger partial charge in [0.2, 0.25) is 0 Å². The van der Waals surface area contributed by atoms with Gasteiger partial charge in [0.15, 0.2) is 5.78 Å². The summed E-state index contributed by atoms with van der Waals surface area (Å²) in [5.41, 5.74) is 1.74. The van der Waals surface area contributed by atoms with E-state index in [-0.39, 0.29) is 30.3 Å². The zero-order chi connectivity index (χ0) is 15.5. The highest BCUT2D eigenvalue weighted by Crippen LogP contribution is 2.29. The highest BCUT2D eigenvalue weighted by molar-refractivity contribution is 5.99. The number of hydrogen-bond acceptors (Lipinski definition) is 4. The molecular weight excluding hydrogens is 302 g/mol. The van der Waals surface area contributed by atoms with Crippen molar-refractivity contribution >= 4 is 5.78 Å². The summed E-state index contributed by atoms with van der Waals surface area (Å²) in [5.74, 6) is 0.923. The number of β-amino-alcohol motifs (C(OH)–C–C–N with tert-alkyl or cyclic N) is 1. The van der Waals surface area contributed by atoms with Gasteiger partial charge in [0.05, 0.1) is 0 Å². The number of halogens is 1. The van der Waals surface area contributed by atoms with Crippen molar-refractivity contribution < 1.29 is 27.0 Å². The van der Waals surface area contributed by atoms with Gasteiger partial charge in [0.1, 0.15) is 18.5 Å². The molecule has 1 unspecified atom stereocenters. The van der Waals surface area contributed by atoms with Crippen molar-refractivity contribution in [1.29, 1.82) is 0 Å². The highest BCUT2D eigenvalue weighted by Gasteiger charge is 2.20. The van der Waals surface area contributed by atoms with Crippen LogP contribution in [0.15, 0.2) is 18.2 Å². The Morgan fingerprint density at radius 3 is 2.73 bits per heavy atom. The third-order valence-corrected chi connectivity index (χ3v) is 3.56. The smallest absolute Gasteiger partial charge is 0.163 e. The van der Waals surface area contributed by atoms with Crippen LogP contribution in [0.5, 0.6) is 5.75 Å². The lowest BCUT2D eigenvalue weighted by Gasteiger charge is -2.24. The lowest BCUT2D eigenvalue weighted by molar-refractivity contribution is -0.0000146. The topological polar surface area (TPSA) is 58.6 Å². The Morgan fingerprint density at radius 2 is 2.05 bits per heavy atom. The number of ketones is 1. The molecule has 2 rings (SSSR count). The maximum Gasteiger partial charge on any atom is 0.163 e. The molecular formula is C17H25ClNO3-. The number of fused-ring (bicyclic) bond motifs is 1. The molecule has 0 saturated carbocycles. The van der Waals surface area contributed by atoms with Gasteiger partial charge in [-0.05, 0) is 39.7 Å². The third kappa shape index (κ3) is 5.27. The Hall–Kier alpha value is -1.10. The van der Waals surface area contributed by atoms with Crippen LogP contribution in [0.3, 0.4) is 0 Å². The molecule has 22 heavy (non-hydrogen) atoms. The fourth-order valence-electron chi connectivity index (χ4n) is 2.45. The van der Waals surface area contributed by atoms with E-state index < -0.39 is 6.10 Å². The molecule has 4 nitrogen and oxygen atoms in total. The van der Waals surface area contributed by atoms with E-state index in [9.17, 15) is 9.90 Å². The lowest BCUT2D eigenvalue weighted by Crippen LogP contribution is -3.00. The van der Waals surface area contributed by atoms with Gasteiger partial charge >= 0.3 is 0 Å². The van der Waals surface area contributed by atoms with Crippen LogP contribution >= 0.6 is 0 Å². The molecule has 1 aliphatic rings. The molecule has 0 amide bonds. The largest absolute Gasteiger partial charge is 1.00 e. The van der Waals surface area contributed by atoms with Gasteiger partial charge in [-0.2, -0.15) is 0 Å². The first-order valence-electron chi connectivity index (χ1n) is 7.58. The van der Waals surface area contributed by atoms with Crippen molar-refractivity contribution in [1.82, 2.24) is 5.32 Å². The van der Waals surface area contributed by atoms with Crippen LogP contribution < -0.4 is 22.5 Å². The van der Waals surface area contributed by atoms with Gasteiger partial charge in [-0.1, -0.05) is 12.1 Å². The molecule has 0 fully saturated rings. The molecule has 0 aromatic heterocycles. The number of carbonyl (C=O) groups is 1. The van der Waals surface area contributed by atoms with Crippen molar-refractivity contribution in [3.63, 3.8) is 0 Å². The number of ether oxygens (including phenoxy) is 1. The predicted molar refractivity (Wildman–Crippen MR) is 83.0 cm³/mol. The minimum atomic E-state index is -0.570. The molecule has 124 valence electrons. The van der Waals surface area contributed by atoms with Crippen LogP contribution in [0.4, 0.5) is 0 Å². The SMILES string of the molecule is CC(C)(C)NCC(O)COc1cccc2c1CCCC2=O.[Cl-]. The number of aliphatic hydroxyl groups excluding tert-OH is 1. The molecule has 5 heteroatoms. The van der Waals surface area contributed by atoms with E-state index in [2.05, 4.69) is 26.1 Å². The van der Waals surface area contributed by atoms with Gasteiger partial charge in [-0.3, -0.25) is 4.79 Å². The fourth-order valence-corrected chi connectivity index (χ4v) is 2.45. The van der Waals surface area contributed by atoms with Gasteiger partial charge in [-0.25, -0.2) is 0 Å². The molecule has 0 bridgehead atoms. The number of rotatable bonds is 5. The second-order valence-electron chi connectivity index (χ2n) is 6.65. The van der Waals surface area contributed by atoms with Crippen LogP contribution in [-0.2, 0) is 6.42 Å². The molecule has 0 aliphatic heterocycles. The number of Topliss-reactive ketones (excluding diaryl/α,β-unsaturated/α-hetero) is 1. The molecule has 2 N–H and O–H groups in total. The average molecular weight is 327 g/mol. The summed E-state index contributed by atoms with van der Waals surface area (Å²) in [5, 5.41) is 13.2. The fraction of sp³-hybridized carbons (Fsp3) is 0.588. The van der Waals surface area contributed by atoms with Crippen molar-refractivity contribution in [2.75, 3.05) is 13.2 Å². The monoisotopic (exact) mass is 326 g/mol. The van der Waals surface area contributed by atoms with Crippen LogP contribution in [0.25, 0.3) is 0 Å². The maximum absolute atomic E-state index is 11.9. The summed E-state index contributed by atoms with van der Waals surface area (Å²) >= 11 is 0. The normalized spacial score (nSPS) is 15.7. The molecule has 0 saturated heterocycles. The van der Waals surface area contributed by atoms with Crippen molar-refractivity contribution in [2.24, 2.45) is 0 Å². The second kappa shape index (κ2) is 7.95. The first kappa shape index (κ1) is 18.9. The first-order chi connectivity index (χ1) is 9.87. The van der Waals surface area contributed by atoms with Gasteiger partial charge in [-0.15, -0.1) is 0 Å².